The van der Waals surface area contributed by atoms with Gasteiger partial charge >= 0.3 is 0 Å². The Labute approximate surface area is 167 Å². The van der Waals surface area contributed by atoms with Gasteiger partial charge in [-0.1, -0.05) is 19.1 Å². The molecule has 1 N–H and O–H groups in total. The van der Waals surface area contributed by atoms with Gasteiger partial charge in [0.05, 0.1) is 26.3 Å². The van der Waals surface area contributed by atoms with Crippen molar-refractivity contribution in [2.45, 2.75) is 32.2 Å². The number of aliphatic imine (C=N–C) groups is 1. The topological polar surface area (TPSA) is 54.3 Å². The van der Waals surface area contributed by atoms with E-state index in [0.717, 1.165) is 25.3 Å². The molecule has 1 heterocycles. The predicted octanol–water partition coefficient (Wildman–Crippen LogP) is 4.45. The molecule has 0 aliphatic carbocycles. The normalized spacial score (nSPS) is 15.8. The molecular formula is C23H30N2O3. The molecule has 1 aliphatic heterocycles. The third kappa shape index (κ3) is 5.26. The summed E-state index contributed by atoms with van der Waals surface area (Å²) in [6.07, 6.45) is 5.14. The Morgan fingerprint density at radius 1 is 1.14 bits per heavy atom. The van der Waals surface area contributed by atoms with Gasteiger partial charge in [0.1, 0.15) is 17.2 Å². The van der Waals surface area contributed by atoms with E-state index in [1.165, 1.54) is 18.4 Å². The molecule has 0 unspecified atom stereocenters. The lowest BCUT2D eigenvalue weighted by Gasteiger charge is -2.26. The van der Waals surface area contributed by atoms with E-state index < -0.39 is 0 Å². The summed E-state index contributed by atoms with van der Waals surface area (Å²) in [7, 11) is 1.69. The first-order valence-corrected chi connectivity index (χ1v) is 10.0. The van der Waals surface area contributed by atoms with E-state index in [0.29, 0.717) is 24.5 Å². The summed E-state index contributed by atoms with van der Waals surface area (Å²) in [6.45, 7) is 5.52. The van der Waals surface area contributed by atoms with Gasteiger partial charge in [0.15, 0.2) is 0 Å². The number of hydrogen-bond acceptors (Lipinski definition) is 5. The Hall–Kier alpha value is -2.53. The van der Waals surface area contributed by atoms with Gasteiger partial charge in [0.25, 0.3) is 0 Å². The Kier molecular flexibility index (Phi) is 7.31. The van der Waals surface area contributed by atoms with Crippen LogP contribution in [0.4, 0.5) is 0 Å². The van der Waals surface area contributed by atoms with E-state index in [4.69, 9.17) is 9.47 Å². The monoisotopic (exact) mass is 382 g/mol. The second-order valence-electron chi connectivity index (χ2n) is 7.10. The highest BCUT2D eigenvalue weighted by Gasteiger charge is 2.23. The number of likely N-dealkylation sites (tertiary alicyclic amines) is 1. The van der Waals surface area contributed by atoms with Gasteiger partial charge in [-0.2, -0.15) is 0 Å². The third-order valence-corrected chi connectivity index (χ3v) is 5.04. The lowest BCUT2D eigenvalue weighted by atomic mass is 10.1. The Morgan fingerprint density at radius 3 is 2.68 bits per heavy atom. The number of benzene rings is 2. The number of ether oxygens (including phenoxy) is 2. The van der Waals surface area contributed by atoms with Crippen LogP contribution >= 0.6 is 0 Å². The minimum absolute atomic E-state index is 0.191. The van der Waals surface area contributed by atoms with E-state index in [-0.39, 0.29) is 11.8 Å². The van der Waals surface area contributed by atoms with Crippen molar-refractivity contribution in [2.24, 2.45) is 4.99 Å². The number of hydrogen-bond donors (Lipinski definition) is 1. The summed E-state index contributed by atoms with van der Waals surface area (Å²) in [4.78, 5) is 7.14. The smallest absolute Gasteiger partial charge is 0.128 e. The van der Waals surface area contributed by atoms with Crippen LogP contribution in [0.2, 0.25) is 0 Å². The van der Waals surface area contributed by atoms with Gasteiger partial charge in [0.2, 0.25) is 0 Å². The number of methoxy groups -OCH3 is 1. The van der Waals surface area contributed by atoms with E-state index in [2.05, 4.69) is 28.9 Å². The lowest BCUT2D eigenvalue weighted by molar-refractivity contribution is 0.251. The number of phenolic OH excluding ortho intramolecular Hbond substituents is 1. The molecule has 1 atom stereocenters. The zero-order valence-electron chi connectivity index (χ0n) is 16.8. The summed E-state index contributed by atoms with van der Waals surface area (Å²) >= 11 is 0. The zero-order valence-corrected chi connectivity index (χ0v) is 16.8. The van der Waals surface area contributed by atoms with Crippen LogP contribution < -0.4 is 9.47 Å². The van der Waals surface area contributed by atoms with E-state index >= 15 is 0 Å². The third-order valence-electron chi connectivity index (χ3n) is 5.04. The molecule has 0 amide bonds. The van der Waals surface area contributed by atoms with Crippen molar-refractivity contribution in [2.75, 3.05) is 33.4 Å². The van der Waals surface area contributed by atoms with Crippen molar-refractivity contribution in [3.05, 3.63) is 53.6 Å². The predicted molar refractivity (Wildman–Crippen MR) is 113 cm³/mol. The number of nitrogens with zero attached hydrogens (tertiary/aromatic N) is 2. The van der Waals surface area contributed by atoms with Gasteiger partial charge in [-0.3, -0.25) is 9.89 Å². The van der Waals surface area contributed by atoms with Crippen LogP contribution in [0.25, 0.3) is 0 Å². The Balaban J connectivity index is 1.72. The van der Waals surface area contributed by atoms with Gasteiger partial charge in [-0.15, -0.1) is 0 Å². The number of aromatic hydroxyl groups is 1. The van der Waals surface area contributed by atoms with Gasteiger partial charge in [0, 0.05) is 17.8 Å². The summed E-state index contributed by atoms with van der Waals surface area (Å²) in [5.74, 6) is 1.74. The average Bonchev–Trinajstić information content (AvgIpc) is 3.25. The lowest BCUT2D eigenvalue weighted by Crippen LogP contribution is -2.27. The fourth-order valence-electron chi connectivity index (χ4n) is 3.53. The zero-order chi connectivity index (χ0) is 19.8. The summed E-state index contributed by atoms with van der Waals surface area (Å²) in [5, 5.41) is 10.3. The molecule has 150 valence electrons. The first-order chi connectivity index (χ1) is 13.7. The van der Waals surface area contributed by atoms with Crippen LogP contribution in [0.5, 0.6) is 17.2 Å². The minimum atomic E-state index is 0.191. The molecule has 1 aliphatic rings. The maximum absolute atomic E-state index is 10.3. The highest BCUT2D eigenvalue weighted by Crippen LogP contribution is 2.28. The molecule has 5 heteroatoms. The molecule has 3 rings (SSSR count). The number of rotatable bonds is 9. The summed E-state index contributed by atoms with van der Waals surface area (Å²) in [6, 6.07) is 13.8. The maximum Gasteiger partial charge on any atom is 0.128 e. The van der Waals surface area contributed by atoms with Crippen LogP contribution in [-0.2, 0) is 0 Å². The van der Waals surface area contributed by atoms with Crippen LogP contribution in [0, 0.1) is 0 Å². The molecule has 0 aromatic heterocycles. The Bertz CT molecular complexity index is 785. The minimum Gasteiger partial charge on any atom is -0.507 e. The van der Waals surface area contributed by atoms with Crippen molar-refractivity contribution in [3.8, 4) is 17.2 Å². The van der Waals surface area contributed by atoms with E-state index in [1.807, 2.05) is 24.3 Å². The van der Waals surface area contributed by atoms with Crippen molar-refractivity contribution in [1.29, 1.82) is 0 Å². The van der Waals surface area contributed by atoms with Crippen LogP contribution in [0.3, 0.4) is 0 Å². The molecule has 0 radical (unpaired) electrons. The molecular weight excluding hydrogens is 352 g/mol. The largest absolute Gasteiger partial charge is 0.507 e. The molecule has 0 bridgehead atoms. The molecule has 1 saturated heterocycles. The SMILES string of the molecule is CCCOc1ccc(C=NC[C@H](c2cccc(OC)c2)N2CCCC2)c(O)c1. The molecule has 0 saturated carbocycles. The second kappa shape index (κ2) is 10.1. The maximum atomic E-state index is 10.3. The van der Waals surface area contributed by atoms with Crippen molar-refractivity contribution in [1.82, 2.24) is 4.90 Å². The Morgan fingerprint density at radius 2 is 1.96 bits per heavy atom. The average molecular weight is 383 g/mol. The summed E-state index contributed by atoms with van der Waals surface area (Å²) < 4.78 is 11.0. The fourth-order valence-corrected chi connectivity index (χ4v) is 3.53. The van der Waals surface area contributed by atoms with Crippen molar-refractivity contribution in [3.63, 3.8) is 0 Å². The van der Waals surface area contributed by atoms with Crippen LogP contribution in [0.15, 0.2) is 47.5 Å². The molecule has 28 heavy (non-hydrogen) atoms. The van der Waals surface area contributed by atoms with E-state index in [1.54, 1.807) is 19.4 Å². The standard InChI is InChI=1S/C23H30N2O3/c1-3-13-28-21-10-9-19(23(26)15-21)16-24-17-22(25-11-4-5-12-25)18-7-6-8-20(14-18)27-2/h6-10,14-16,22,26H,3-5,11-13,17H2,1-2H3/t22-/m1/s1. The van der Waals surface area contributed by atoms with E-state index in [9.17, 15) is 5.11 Å². The van der Waals surface area contributed by atoms with Crippen LogP contribution in [-0.4, -0.2) is 49.6 Å². The molecule has 1 fully saturated rings. The highest BCUT2D eigenvalue weighted by molar-refractivity contribution is 5.83. The van der Waals surface area contributed by atoms with Crippen LogP contribution in [0.1, 0.15) is 43.4 Å². The van der Waals surface area contributed by atoms with Gasteiger partial charge in [-0.05, 0) is 62.2 Å². The quantitative estimate of drug-likeness (QED) is 0.651. The highest BCUT2D eigenvalue weighted by atomic mass is 16.5. The fraction of sp³-hybridized carbons (Fsp3) is 0.435. The molecule has 2 aromatic rings. The first kappa shape index (κ1) is 20.2. The molecule has 5 nitrogen and oxygen atoms in total. The molecule has 0 spiro atoms. The van der Waals surface area contributed by atoms with Gasteiger partial charge < -0.3 is 14.6 Å². The second-order valence-corrected chi connectivity index (χ2v) is 7.10. The first-order valence-electron chi connectivity index (χ1n) is 10.0. The summed E-state index contributed by atoms with van der Waals surface area (Å²) in [5.41, 5.74) is 1.92. The van der Waals surface area contributed by atoms with Gasteiger partial charge in [-0.25, -0.2) is 0 Å². The number of phenols is 1. The molecule has 2 aromatic carbocycles. The van der Waals surface area contributed by atoms with Crippen molar-refractivity contribution < 1.29 is 14.6 Å². The van der Waals surface area contributed by atoms with Crippen molar-refractivity contribution >= 4 is 6.21 Å².